The Labute approximate surface area is 146 Å². The largest absolute Gasteiger partial charge is 0.426 e. The number of aliphatic hydroxyl groups is 1. The van der Waals surface area contributed by atoms with Crippen LogP contribution in [0.2, 0.25) is 0 Å². The molecular weight excluding hydrogens is 354 g/mol. The fraction of sp³-hybridized carbons (Fsp3) is 0.412. The SMILES string of the molecule is C[C@@H]1CN(C(=O)[C@@](C)(O)C(F)(F)F)Cc2cnn(-c3ccc(F)cc3)c21. The lowest BCUT2D eigenvalue weighted by Crippen LogP contribution is -2.57. The maximum absolute atomic E-state index is 13.1. The number of carbonyl (C=O) groups excluding carboxylic acids is 1. The highest BCUT2D eigenvalue weighted by molar-refractivity contribution is 5.85. The lowest BCUT2D eigenvalue weighted by atomic mass is 9.95. The van der Waals surface area contributed by atoms with E-state index >= 15 is 0 Å². The minimum Gasteiger partial charge on any atom is -0.373 e. The molecule has 0 fully saturated rings. The molecule has 1 aliphatic rings. The molecule has 3 rings (SSSR count). The molecule has 1 aliphatic heterocycles. The van der Waals surface area contributed by atoms with E-state index in [1.54, 1.807) is 23.7 Å². The average molecular weight is 371 g/mol. The molecule has 0 saturated heterocycles. The van der Waals surface area contributed by atoms with Crippen molar-refractivity contribution in [2.45, 2.75) is 38.1 Å². The van der Waals surface area contributed by atoms with E-state index in [-0.39, 0.29) is 19.0 Å². The van der Waals surface area contributed by atoms with E-state index in [0.29, 0.717) is 18.2 Å². The summed E-state index contributed by atoms with van der Waals surface area (Å²) in [5.74, 6) is -2.11. The monoisotopic (exact) mass is 371 g/mol. The molecule has 140 valence electrons. The number of amides is 1. The molecular formula is C17H17F4N3O2. The molecule has 5 nitrogen and oxygen atoms in total. The van der Waals surface area contributed by atoms with E-state index in [1.165, 1.54) is 18.3 Å². The van der Waals surface area contributed by atoms with Crippen LogP contribution >= 0.6 is 0 Å². The first-order valence-electron chi connectivity index (χ1n) is 7.93. The van der Waals surface area contributed by atoms with Crippen molar-refractivity contribution in [1.29, 1.82) is 0 Å². The molecule has 1 aromatic carbocycles. The minimum atomic E-state index is -5.06. The first kappa shape index (κ1) is 18.4. The van der Waals surface area contributed by atoms with Gasteiger partial charge in [-0.2, -0.15) is 18.3 Å². The molecule has 2 heterocycles. The van der Waals surface area contributed by atoms with Gasteiger partial charge in [0, 0.05) is 24.6 Å². The fourth-order valence-electron chi connectivity index (χ4n) is 3.10. The van der Waals surface area contributed by atoms with Gasteiger partial charge in [-0.1, -0.05) is 6.92 Å². The van der Waals surface area contributed by atoms with Gasteiger partial charge in [0.05, 0.1) is 17.6 Å². The van der Waals surface area contributed by atoms with E-state index < -0.39 is 23.5 Å². The second-order valence-electron chi connectivity index (χ2n) is 6.60. The van der Waals surface area contributed by atoms with Crippen LogP contribution in [0.5, 0.6) is 0 Å². The number of rotatable bonds is 2. The van der Waals surface area contributed by atoms with Gasteiger partial charge >= 0.3 is 6.18 Å². The lowest BCUT2D eigenvalue weighted by Gasteiger charge is -2.36. The smallest absolute Gasteiger partial charge is 0.373 e. The molecule has 2 atom stereocenters. The van der Waals surface area contributed by atoms with Crippen molar-refractivity contribution in [1.82, 2.24) is 14.7 Å². The molecule has 1 N–H and O–H groups in total. The number of hydrogen-bond donors (Lipinski definition) is 1. The van der Waals surface area contributed by atoms with E-state index in [0.717, 1.165) is 10.6 Å². The van der Waals surface area contributed by atoms with Crippen LogP contribution in [-0.4, -0.2) is 44.0 Å². The van der Waals surface area contributed by atoms with Crippen LogP contribution < -0.4 is 0 Å². The lowest BCUT2D eigenvalue weighted by molar-refractivity contribution is -0.250. The number of halogens is 4. The van der Waals surface area contributed by atoms with Crippen LogP contribution in [0, 0.1) is 5.82 Å². The van der Waals surface area contributed by atoms with Gasteiger partial charge in [-0.15, -0.1) is 0 Å². The third-order valence-electron chi connectivity index (χ3n) is 4.54. The quantitative estimate of drug-likeness (QED) is 0.826. The van der Waals surface area contributed by atoms with Crippen molar-refractivity contribution in [3.8, 4) is 5.69 Å². The number of alkyl halides is 3. The number of carbonyl (C=O) groups is 1. The van der Waals surface area contributed by atoms with E-state index in [1.807, 2.05) is 0 Å². The van der Waals surface area contributed by atoms with Crippen LogP contribution in [0.1, 0.15) is 31.0 Å². The summed E-state index contributed by atoms with van der Waals surface area (Å²) in [6, 6.07) is 5.66. The molecule has 0 spiro atoms. The Kier molecular flexibility index (Phi) is 4.30. The zero-order valence-corrected chi connectivity index (χ0v) is 14.1. The van der Waals surface area contributed by atoms with Crippen molar-refractivity contribution in [2.75, 3.05) is 6.54 Å². The highest BCUT2D eigenvalue weighted by atomic mass is 19.4. The Morgan fingerprint density at radius 1 is 1.27 bits per heavy atom. The van der Waals surface area contributed by atoms with E-state index in [2.05, 4.69) is 5.10 Å². The first-order valence-corrected chi connectivity index (χ1v) is 7.93. The van der Waals surface area contributed by atoms with Crippen molar-refractivity contribution in [3.05, 3.63) is 47.5 Å². The second kappa shape index (κ2) is 6.08. The van der Waals surface area contributed by atoms with Crippen molar-refractivity contribution in [2.24, 2.45) is 0 Å². The van der Waals surface area contributed by atoms with Gasteiger partial charge < -0.3 is 10.0 Å². The van der Waals surface area contributed by atoms with Gasteiger partial charge in [-0.05, 0) is 31.2 Å². The second-order valence-corrected chi connectivity index (χ2v) is 6.60. The minimum absolute atomic E-state index is 0.00491. The molecule has 0 unspecified atom stereocenters. The molecule has 1 aromatic heterocycles. The van der Waals surface area contributed by atoms with Gasteiger partial charge in [0.25, 0.3) is 5.91 Å². The Bertz CT molecular complexity index is 828. The third kappa shape index (κ3) is 2.96. The van der Waals surface area contributed by atoms with Gasteiger partial charge in [0.2, 0.25) is 5.60 Å². The summed E-state index contributed by atoms with van der Waals surface area (Å²) in [7, 11) is 0. The molecule has 2 aromatic rings. The number of aromatic nitrogens is 2. The summed E-state index contributed by atoms with van der Waals surface area (Å²) < 4.78 is 53.5. The third-order valence-corrected chi connectivity index (χ3v) is 4.54. The molecule has 9 heteroatoms. The molecule has 26 heavy (non-hydrogen) atoms. The first-order chi connectivity index (χ1) is 12.0. The number of nitrogens with zero attached hydrogens (tertiary/aromatic N) is 3. The maximum Gasteiger partial charge on any atom is 0.426 e. The average Bonchev–Trinajstić information content (AvgIpc) is 2.98. The van der Waals surface area contributed by atoms with E-state index in [4.69, 9.17) is 0 Å². The molecule has 0 aliphatic carbocycles. The predicted molar refractivity (Wildman–Crippen MR) is 84.0 cm³/mol. The summed E-state index contributed by atoms with van der Waals surface area (Å²) in [6.45, 7) is 2.12. The Morgan fingerprint density at radius 2 is 1.88 bits per heavy atom. The highest BCUT2D eigenvalue weighted by Crippen LogP contribution is 2.35. The molecule has 0 radical (unpaired) electrons. The van der Waals surface area contributed by atoms with Gasteiger partial charge in [-0.25, -0.2) is 9.07 Å². The highest BCUT2D eigenvalue weighted by Gasteiger charge is 2.57. The van der Waals surface area contributed by atoms with Gasteiger partial charge in [0.1, 0.15) is 5.82 Å². The standard InChI is InChI=1S/C17H17F4N3O2/c1-10-8-23(15(25)16(2,26)17(19,20)21)9-11-7-22-24(14(10)11)13-5-3-12(18)4-6-13/h3-7,10,26H,8-9H2,1-2H3/t10-,16-/m1/s1. The van der Waals surface area contributed by atoms with Crippen molar-refractivity contribution >= 4 is 5.91 Å². The van der Waals surface area contributed by atoms with Crippen LogP contribution in [0.4, 0.5) is 17.6 Å². The molecule has 1 amide bonds. The zero-order chi connectivity index (χ0) is 19.3. The summed E-state index contributed by atoms with van der Waals surface area (Å²) >= 11 is 0. The zero-order valence-electron chi connectivity index (χ0n) is 14.1. The number of hydrogen-bond acceptors (Lipinski definition) is 3. The topological polar surface area (TPSA) is 58.4 Å². The van der Waals surface area contributed by atoms with Crippen molar-refractivity contribution < 1.29 is 27.5 Å². The Balaban J connectivity index is 1.91. The van der Waals surface area contributed by atoms with E-state index in [9.17, 15) is 27.5 Å². The van der Waals surface area contributed by atoms with Crippen LogP contribution in [0.25, 0.3) is 5.69 Å². The summed E-state index contributed by atoms with van der Waals surface area (Å²) in [4.78, 5) is 13.2. The van der Waals surface area contributed by atoms with Gasteiger partial charge in [-0.3, -0.25) is 4.79 Å². The van der Waals surface area contributed by atoms with Crippen LogP contribution in [0.3, 0.4) is 0 Å². The van der Waals surface area contributed by atoms with Crippen LogP contribution in [0.15, 0.2) is 30.5 Å². The van der Waals surface area contributed by atoms with Crippen LogP contribution in [-0.2, 0) is 11.3 Å². The number of benzene rings is 1. The predicted octanol–water partition coefficient (Wildman–Crippen LogP) is 2.77. The molecule has 0 bridgehead atoms. The maximum atomic E-state index is 13.1. The number of fused-ring (bicyclic) bond motifs is 1. The normalized spacial score (nSPS) is 19.8. The molecule has 0 saturated carbocycles. The summed E-state index contributed by atoms with van der Waals surface area (Å²) in [6.07, 6.45) is -3.59. The van der Waals surface area contributed by atoms with Gasteiger partial charge in [0.15, 0.2) is 0 Å². The Hall–Kier alpha value is -2.42. The summed E-state index contributed by atoms with van der Waals surface area (Å²) in [5, 5.41) is 13.9. The van der Waals surface area contributed by atoms with Crippen molar-refractivity contribution in [3.63, 3.8) is 0 Å². The fourth-order valence-corrected chi connectivity index (χ4v) is 3.10. The Morgan fingerprint density at radius 3 is 2.46 bits per heavy atom. The summed E-state index contributed by atoms with van der Waals surface area (Å²) in [5.41, 5.74) is -1.51.